The highest BCUT2D eigenvalue weighted by atomic mass is 28.4. The van der Waals surface area contributed by atoms with Gasteiger partial charge in [0, 0.05) is 13.7 Å². The smallest absolute Gasteiger partial charge is 0.434 e. The molecule has 0 saturated heterocycles. The van der Waals surface area contributed by atoms with E-state index in [2.05, 4.69) is 0 Å². The lowest BCUT2D eigenvalue weighted by molar-refractivity contribution is 0.188. The molecule has 9 heteroatoms. The average Bonchev–Trinajstić information content (AvgIpc) is 1.81. The van der Waals surface area contributed by atoms with Crippen LogP contribution in [0.15, 0.2) is 0 Å². The van der Waals surface area contributed by atoms with E-state index < -0.39 is 32.2 Å². The summed E-state index contributed by atoms with van der Waals surface area (Å²) in [6.45, 7) is 4.83. The van der Waals surface area contributed by atoms with Crippen LogP contribution in [0.4, 0.5) is 0 Å². The van der Waals surface area contributed by atoms with Crippen molar-refractivity contribution in [1.29, 1.82) is 0 Å². The van der Waals surface area contributed by atoms with Crippen molar-refractivity contribution in [2.75, 3.05) is 7.11 Å². The van der Waals surface area contributed by atoms with Crippen molar-refractivity contribution in [1.82, 2.24) is 0 Å². The van der Waals surface area contributed by atoms with Crippen molar-refractivity contribution in [2.45, 2.75) is 25.4 Å². The van der Waals surface area contributed by atoms with Crippen LogP contribution < -0.4 is 0 Å². The molecule has 0 rings (SSSR count). The van der Waals surface area contributed by atoms with Gasteiger partial charge < -0.3 is 26.4 Å². The second kappa shape index (κ2) is 6.34. The predicted octanol–water partition coefficient (Wildman–Crippen LogP) is -0.786. The molecule has 0 aromatic rings. The summed E-state index contributed by atoms with van der Waals surface area (Å²) in [6, 6.07) is 0. The Labute approximate surface area is 91.4 Å². The van der Waals surface area contributed by atoms with Crippen molar-refractivity contribution in [3.05, 3.63) is 0 Å². The van der Waals surface area contributed by atoms with Gasteiger partial charge in [-0.3, -0.25) is 0 Å². The Balaban J connectivity index is 0. The summed E-state index contributed by atoms with van der Waals surface area (Å²) in [4.78, 5) is 18.9. The molecule has 14 heavy (non-hydrogen) atoms. The second-order valence-corrected chi connectivity index (χ2v) is 11.5. The van der Waals surface area contributed by atoms with Gasteiger partial charge in [-0.1, -0.05) is 0 Å². The quantitative estimate of drug-likeness (QED) is 0.630. The summed E-state index contributed by atoms with van der Waals surface area (Å²) in [5.41, 5.74) is 0. The minimum Gasteiger partial charge on any atom is -0.683 e. The van der Waals surface area contributed by atoms with E-state index in [-0.39, 0.29) is 5.48 Å². The van der Waals surface area contributed by atoms with Gasteiger partial charge in [-0.15, -0.1) is 0 Å². The molecule has 87 valence electrons. The van der Waals surface area contributed by atoms with E-state index in [9.17, 15) is 9.59 Å². The third-order valence-electron chi connectivity index (χ3n) is 1.22. The molecule has 0 aliphatic carbocycles. The summed E-state index contributed by atoms with van der Waals surface area (Å²) < 4.78 is 15.3. The molecular formula is C5H19AlO6Si2-. The normalized spacial score (nSPS) is 16.3. The first-order chi connectivity index (χ1) is 5.66. The van der Waals surface area contributed by atoms with Crippen LogP contribution in [0.25, 0.3) is 0 Å². The molecule has 1 unspecified atom stereocenters. The fourth-order valence-electron chi connectivity index (χ4n) is 0.786. The molecular weight excluding hydrogens is 239 g/mol. The first-order valence-corrected chi connectivity index (χ1v) is 11.2. The molecule has 0 saturated carbocycles. The zero-order valence-corrected chi connectivity index (χ0v) is 12.4. The van der Waals surface area contributed by atoms with Gasteiger partial charge in [-0.25, -0.2) is 0 Å². The van der Waals surface area contributed by atoms with Crippen LogP contribution in [0.1, 0.15) is 0 Å². The Morgan fingerprint density at radius 2 is 1.50 bits per heavy atom. The Morgan fingerprint density at radius 1 is 1.07 bits per heavy atom. The zero-order valence-electron chi connectivity index (χ0n) is 9.20. The van der Waals surface area contributed by atoms with Gasteiger partial charge in [-0.05, 0) is 13.1 Å². The molecule has 0 aliphatic rings. The summed E-state index contributed by atoms with van der Waals surface area (Å²) in [6.07, 6.45) is 0. The van der Waals surface area contributed by atoms with Crippen molar-refractivity contribution < 1.29 is 26.4 Å². The molecule has 0 aliphatic heterocycles. The lowest BCUT2D eigenvalue weighted by atomic mass is 11.8. The van der Waals surface area contributed by atoms with Crippen LogP contribution in [-0.4, -0.2) is 54.4 Å². The summed E-state index contributed by atoms with van der Waals surface area (Å²) in [5.74, 6) is 1.76. The van der Waals surface area contributed by atoms with Gasteiger partial charge in [0.2, 0.25) is 0 Å². The highest BCUT2D eigenvalue weighted by Gasteiger charge is 2.27. The van der Waals surface area contributed by atoms with Crippen LogP contribution in [0, 0.1) is 0 Å². The number of hydrogen-bond acceptors (Lipinski definition) is 5. The van der Waals surface area contributed by atoms with E-state index in [0.29, 0.717) is 0 Å². The van der Waals surface area contributed by atoms with Gasteiger partial charge in [0.05, 0.1) is 0 Å². The largest absolute Gasteiger partial charge is 0.683 e. The SMILES string of the molecule is CO[Si](C)(O)[O][Al-]([CH3])[O][Si](C)(C)O.O. The van der Waals surface area contributed by atoms with Crippen LogP contribution in [0.5, 0.6) is 0 Å². The average molecular weight is 258 g/mol. The Hall–Kier alpha value is 0.726. The lowest BCUT2D eigenvalue weighted by Crippen LogP contribution is -2.47. The lowest BCUT2D eigenvalue weighted by Gasteiger charge is -2.37. The third-order valence-corrected chi connectivity index (χ3v) is 8.69. The molecule has 1 radical (unpaired) electrons. The minimum atomic E-state index is -2.99. The molecule has 0 aromatic carbocycles. The standard InChI is InChI=1S/C2H7O3Si.C2H7O2Si.CH3.Al.H2O/c1-5-6(2,3)4;1-5(2,3)4;;;/h3H,1-2H3;3H,1-2H3;1H3;;1H2/q2*-1;;+1;. The first-order valence-electron chi connectivity index (χ1n) is 4.02. The molecule has 0 aromatic heterocycles. The Morgan fingerprint density at radius 3 is 1.79 bits per heavy atom. The van der Waals surface area contributed by atoms with E-state index in [1.165, 1.54) is 13.7 Å². The van der Waals surface area contributed by atoms with Crippen molar-refractivity contribution in [3.63, 3.8) is 0 Å². The molecule has 1 atom stereocenters. The summed E-state index contributed by atoms with van der Waals surface area (Å²) >= 11 is -1.97. The second-order valence-electron chi connectivity index (χ2n) is 3.35. The molecule has 0 spiro atoms. The van der Waals surface area contributed by atoms with E-state index >= 15 is 0 Å². The predicted molar refractivity (Wildman–Crippen MR) is 57.9 cm³/mol. The topological polar surface area (TPSA) is 99.7 Å². The molecule has 0 amide bonds. The Bertz CT molecular complexity index is 161. The fourth-order valence-corrected chi connectivity index (χ4v) is 7.51. The maximum absolute atomic E-state index is 9.47. The molecule has 0 bridgehead atoms. The molecule has 0 heterocycles. The zero-order chi connectivity index (χ0) is 10.7. The van der Waals surface area contributed by atoms with Crippen molar-refractivity contribution >= 4 is 32.2 Å². The van der Waals surface area contributed by atoms with Gasteiger partial charge >= 0.3 is 23.6 Å². The maximum Gasteiger partial charge on any atom is 0.434 e. The van der Waals surface area contributed by atoms with Crippen LogP contribution >= 0.6 is 0 Å². The number of rotatable bonds is 5. The van der Waals surface area contributed by atoms with E-state index in [1.807, 2.05) is 0 Å². The fraction of sp³-hybridized carbons (Fsp3) is 1.00. The third kappa shape index (κ3) is 9.29. The first kappa shape index (κ1) is 17.1. The molecule has 0 fully saturated rings. The van der Waals surface area contributed by atoms with Gasteiger partial charge in [0.1, 0.15) is 0 Å². The monoisotopic (exact) mass is 258 g/mol. The van der Waals surface area contributed by atoms with E-state index in [4.69, 9.17) is 11.4 Å². The van der Waals surface area contributed by atoms with Gasteiger partial charge in [0.25, 0.3) is 8.56 Å². The van der Waals surface area contributed by atoms with E-state index in [0.717, 1.165) is 0 Å². The van der Waals surface area contributed by atoms with E-state index in [1.54, 1.807) is 18.9 Å². The van der Waals surface area contributed by atoms with Gasteiger partial charge in [-0.2, -0.15) is 5.79 Å². The highest BCUT2D eigenvalue weighted by Crippen LogP contribution is 2.08. The molecule has 4 N–H and O–H groups in total. The van der Waals surface area contributed by atoms with Crippen molar-refractivity contribution in [3.8, 4) is 0 Å². The van der Waals surface area contributed by atoms with Crippen LogP contribution in [0.3, 0.4) is 0 Å². The minimum absolute atomic E-state index is 0. The molecule has 6 nitrogen and oxygen atoms in total. The Kier molecular flexibility index (Phi) is 7.76. The summed E-state index contributed by atoms with van der Waals surface area (Å²) in [7, 11) is -4.14. The van der Waals surface area contributed by atoms with Gasteiger partial charge in [0.15, 0.2) is 0 Å². The number of hydrogen-bond donors (Lipinski definition) is 2. The van der Waals surface area contributed by atoms with Crippen molar-refractivity contribution in [2.24, 2.45) is 0 Å². The highest BCUT2D eigenvalue weighted by molar-refractivity contribution is 6.74. The summed E-state index contributed by atoms with van der Waals surface area (Å²) in [5, 5.41) is 0. The van der Waals surface area contributed by atoms with Crippen LogP contribution in [0.2, 0.25) is 25.4 Å². The van der Waals surface area contributed by atoms with Crippen LogP contribution in [-0.2, 0) is 11.4 Å². The maximum atomic E-state index is 9.47.